The molecule has 0 saturated heterocycles. The second kappa shape index (κ2) is 8.58. The third-order valence-corrected chi connectivity index (χ3v) is 1.82. The fourth-order valence-corrected chi connectivity index (χ4v) is 1.14. The minimum absolute atomic E-state index is 0.684. The maximum absolute atomic E-state index is 5.11. The molecule has 0 aromatic carbocycles. The summed E-state index contributed by atoms with van der Waals surface area (Å²) < 4.78 is 0. The lowest BCUT2D eigenvalue weighted by atomic mass is 10.4. The Morgan fingerprint density at radius 2 is 2.08 bits per heavy atom. The topological polar surface area (TPSA) is 15.3 Å². The Morgan fingerprint density at radius 3 is 2.58 bits per heavy atom. The van der Waals surface area contributed by atoms with Gasteiger partial charge in [-0.25, -0.2) is 0 Å². The van der Waals surface area contributed by atoms with Crippen LogP contribution in [0.4, 0.5) is 0 Å². The SMILES string of the molecule is C#CCNCCN(CC)CCC. The average molecular weight is 168 g/mol. The minimum atomic E-state index is 0.684. The van der Waals surface area contributed by atoms with E-state index < -0.39 is 0 Å². The predicted octanol–water partition coefficient (Wildman–Crippen LogP) is 0.941. The van der Waals surface area contributed by atoms with Crippen molar-refractivity contribution in [3.63, 3.8) is 0 Å². The molecule has 0 heterocycles. The van der Waals surface area contributed by atoms with Gasteiger partial charge in [0.2, 0.25) is 0 Å². The van der Waals surface area contributed by atoms with E-state index in [9.17, 15) is 0 Å². The van der Waals surface area contributed by atoms with Crippen molar-refractivity contribution in [2.75, 3.05) is 32.7 Å². The smallest absolute Gasteiger partial charge is 0.0574 e. The summed E-state index contributed by atoms with van der Waals surface area (Å²) in [5, 5.41) is 3.18. The van der Waals surface area contributed by atoms with Crippen molar-refractivity contribution in [2.45, 2.75) is 20.3 Å². The van der Waals surface area contributed by atoms with Crippen LogP contribution in [0.3, 0.4) is 0 Å². The highest BCUT2D eigenvalue weighted by molar-refractivity contribution is 4.86. The third kappa shape index (κ3) is 6.21. The van der Waals surface area contributed by atoms with Gasteiger partial charge in [0.25, 0.3) is 0 Å². The Balaban J connectivity index is 3.26. The van der Waals surface area contributed by atoms with E-state index in [1.165, 1.54) is 13.0 Å². The van der Waals surface area contributed by atoms with Gasteiger partial charge in [-0.15, -0.1) is 6.42 Å². The molecule has 0 unspecified atom stereocenters. The number of hydrogen-bond acceptors (Lipinski definition) is 2. The van der Waals surface area contributed by atoms with Gasteiger partial charge in [-0.2, -0.15) is 0 Å². The molecular weight excluding hydrogens is 148 g/mol. The molecule has 0 aliphatic heterocycles. The summed E-state index contributed by atoms with van der Waals surface area (Å²) in [6, 6.07) is 0. The van der Waals surface area contributed by atoms with Crippen molar-refractivity contribution in [3.05, 3.63) is 0 Å². The van der Waals surface area contributed by atoms with Crippen LogP contribution in [0.2, 0.25) is 0 Å². The zero-order chi connectivity index (χ0) is 9.23. The van der Waals surface area contributed by atoms with Crippen LogP contribution >= 0.6 is 0 Å². The van der Waals surface area contributed by atoms with Crippen molar-refractivity contribution >= 4 is 0 Å². The number of nitrogens with zero attached hydrogens (tertiary/aromatic N) is 1. The molecule has 0 aliphatic rings. The molecule has 2 heteroatoms. The first kappa shape index (κ1) is 11.5. The standard InChI is InChI=1S/C10H20N2/c1-4-7-11-8-10-12(6-3)9-5-2/h1,11H,5-10H2,2-3H3. The average Bonchev–Trinajstić information content (AvgIpc) is 2.10. The summed E-state index contributed by atoms with van der Waals surface area (Å²) >= 11 is 0. The van der Waals surface area contributed by atoms with Crippen molar-refractivity contribution in [1.82, 2.24) is 10.2 Å². The van der Waals surface area contributed by atoms with Crippen LogP contribution in [-0.4, -0.2) is 37.6 Å². The monoisotopic (exact) mass is 168 g/mol. The molecule has 12 heavy (non-hydrogen) atoms. The lowest BCUT2D eigenvalue weighted by molar-refractivity contribution is 0.289. The summed E-state index contributed by atoms with van der Waals surface area (Å²) in [4.78, 5) is 2.42. The number of rotatable bonds is 7. The van der Waals surface area contributed by atoms with Gasteiger partial charge >= 0.3 is 0 Å². The van der Waals surface area contributed by atoms with E-state index in [0.29, 0.717) is 6.54 Å². The first-order valence-corrected chi connectivity index (χ1v) is 4.71. The molecule has 0 aromatic rings. The van der Waals surface area contributed by atoms with E-state index in [-0.39, 0.29) is 0 Å². The molecule has 0 amide bonds. The van der Waals surface area contributed by atoms with Gasteiger partial charge in [0.1, 0.15) is 0 Å². The Bertz CT molecular complexity index is 126. The highest BCUT2D eigenvalue weighted by Crippen LogP contribution is 1.88. The van der Waals surface area contributed by atoms with Crippen LogP contribution in [0.5, 0.6) is 0 Å². The van der Waals surface area contributed by atoms with Gasteiger partial charge in [0.15, 0.2) is 0 Å². The Labute approximate surface area is 76.3 Å². The van der Waals surface area contributed by atoms with Gasteiger partial charge in [-0.05, 0) is 19.5 Å². The van der Waals surface area contributed by atoms with E-state index in [1.807, 2.05) is 0 Å². The molecule has 0 saturated carbocycles. The van der Waals surface area contributed by atoms with Crippen molar-refractivity contribution in [2.24, 2.45) is 0 Å². The Morgan fingerprint density at radius 1 is 1.33 bits per heavy atom. The summed E-state index contributed by atoms with van der Waals surface area (Å²) in [6.45, 7) is 9.50. The van der Waals surface area contributed by atoms with Crippen LogP contribution < -0.4 is 5.32 Å². The van der Waals surface area contributed by atoms with E-state index >= 15 is 0 Å². The summed E-state index contributed by atoms with van der Waals surface area (Å²) in [7, 11) is 0. The minimum Gasteiger partial charge on any atom is -0.305 e. The van der Waals surface area contributed by atoms with Crippen LogP contribution in [0, 0.1) is 12.3 Å². The van der Waals surface area contributed by atoms with Crippen molar-refractivity contribution < 1.29 is 0 Å². The molecule has 0 bridgehead atoms. The fourth-order valence-electron chi connectivity index (χ4n) is 1.14. The van der Waals surface area contributed by atoms with Crippen LogP contribution in [0.15, 0.2) is 0 Å². The van der Waals surface area contributed by atoms with Gasteiger partial charge in [-0.1, -0.05) is 19.8 Å². The Kier molecular flexibility index (Phi) is 8.20. The van der Waals surface area contributed by atoms with Gasteiger partial charge in [-0.3, -0.25) is 0 Å². The lowest BCUT2D eigenvalue weighted by Gasteiger charge is -2.18. The number of terminal acetylenes is 1. The molecule has 0 radical (unpaired) electrons. The highest BCUT2D eigenvalue weighted by atomic mass is 15.1. The fraction of sp³-hybridized carbons (Fsp3) is 0.800. The molecule has 0 rings (SSSR count). The second-order valence-corrected chi connectivity index (χ2v) is 2.82. The first-order chi connectivity index (χ1) is 5.85. The number of nitrogens with one attached hydrogen (secondary N) is 1. The Hall–Kier alpha value is -0.520. The molecular formula is C10H20N2. The number of hydrogen-bond donors (Lipinski definition) is 1. The van der Waals surface area contributed by atoms with Crippen LogP contribution in [-0.2, 0) is 0 Å². The summed E-state index contributed by atoms with van der Waals surface area (Å²) in [6.07, 6.45) is 6.34. The van der Waals surface area contributed by atoms with E-state index in [4.69, 9.17) is 6.42 Å². The van der Waals surface area contributed by atoms with Gasteiger partial charge in [0, 0.05) is 13.1 Å². The normalized spacial score (nSPS) is 10.2. The first-order valence-electron chi connectivity index (χ1n) is 4.71. The third-order valence-electron chi connectivity index (χ3n) is 1.82. The number of likely N-dealkylation sites (N-methyl/N-ethyl adjacent to an activating group) is 1. The molecule has 0 aromatic heterocycles. The molecule has 0 fully saturated rings. The molecule has 70 valence electrons. The van der Waals surface area contributed by atoms with Crippen molar-refractivity contribution in [1.29, 1.82) is 0 Å². The van der Waals surface area contributed by atoms with Crippen LogP contribution in [0.25, 0.3) is 0 Å². The van der Waals surface area contributed by atoms with E-state index in [2.05, 4.69) is 30.0 Å². The van der Waals surface area contributed by atoms with E-state index in [1.54, 1.807) is 0 Å². The highest BCUT2D eigenvalue weighted by Gasteiger charge is 1.98. The molecule has 2 nitrogen and oxygen atoms in total. The molecule has 0 atom stereocenters. The van der Waals surface area contributed by atoms with Gasteiger partial charge in [0.05, 0.1) is 6.54 Å². The second-order valence-electron chi connectivity index (χ2n) is 2.82. The lowest BCUT2D eigenvalue weighted by Crippen LogP contribution is -2.32. The van der Waals surface area contributed by atoms with Crippen molar-refractivity contribution in [3.8, 4) is 12.3 Å². The van der Waals surface area contributed by atoms with E-state index in [0.717, 1.165) is 19.6 Å². The molecule has 0 spiro atoms. The molecule has 1 N–H and O–H groups in total. The quantitative estimate of drug-likeness (QED) is 0.449. The van der Waals surface area contributed by atoms with Crippen LogP contribution in [0.1, 0.15) is 20.3 Å². The maximum Gasteiger partial charge on any atom is 0.0574 e. The molecule has 0 aliphatic carbocycles. The predicted molar refractivity (Wildman–Crippen MR) is 54.1 cm³/mol. The zero-order valence-electron chi connectivity index (χ0n) is 8.27. The maximum atomic E-state index is 5.11. The largest absolute Gasteiger partial charge is 0.305 e. The summed E-state index contributed by atoms with van der Waals surface area (Å²) in [5.74, 6) is 2.56. The zero-order valence-corrected chi connectivity index (χ0v) is 8.27. The van der Waals surface area contributed by atoms with Gasteiger partial charge < -0.3 is 10.2 Å². The summed E-state index contributed by atoms with van der Waals surface area (Å²) in [5.41, 5.74) is 0.